The summed E-state index contributed by atoms with van der Waals surface area (Å²) in [7, 11) is 1.55. The number of amides is 1. The van der Waals surface area contributed by atoms with Crippen molar-refractivity contribution >= 4 is 29.0 Å². The van der Waals surface area contributed by atoms with E-state index < -0.39 is 0 Å². The molecule has 1 aromatic carbocycles. The first-order chi connectivity index (χ1) is 12.6. The van der Waals surface area contributed by atoms with Crippen molar-refractivity contribution in [2.24, 2.45) is 0 Å². The van der Waals surface area contributed by atoms with Crippen molar-refractivity contribution in [3.05, 3.63) is 47.1 Å². The fraction of sp³-hybridized carbons (Fsp3) is 0.400. The van der Waals surface area contributed by atoms with Gasteiger partial charge in [-0.3, -0.25) is 4.79 Å². The van der Waals surface area contributed by atoms with Gasteiger partial charge in [0.1, 0.15) is 11.6 Å². The lowest BCUT2D eigenvalue weighted by molar-refractivity contribution is 0.102. The summed E-state index contributed by atoms with van der Waals surface area (Å²) < 4.78 is 5.12. The van der Waals surface area contributed by atoms with Gasteiger partial charge in [0.15, 0.2) is 0 Å². The van der Waals surface area contributed by atoms with Gasteiger partial charge >= 0.3 is 0 Å². The molecule has 1 fully saturated rings. The molecule has 0 spiro atoms. The van der Waals surface area contributed by atoms with Crippen LogP contribution in [0.3, 0.4) is 0 Å². The maximum atomic E-state index is 12.4. The highest BCUT2D eigenvalue weighted by molar-refractivity contribution is 6.32. The molecule has 26 heavy (non-hydrogen) atoms. The zero-order valence-corrected chi connectivity index (χ0v) is 15.9. The average Bonchev–Trinajstić information content (AvgIpc) is 2.68. The third-order valence-electron chi connectivity index (χ3n) is 4.81. The van der Waals surface area contributed by atoms with Crippen LogP contribution in [0.25, 0.3) is 0 Å². The number of benzene rings is 1. The minimum Gasteiger partial charge on any atom is -0.495 e. The third-order valence-corrected chi connectivity index (χ3v) is 5.11. The Balaban J connectivity index is 1.69. The lowest BCUT2D eigenvalue weighted by atomic mass is 10.00. The number of nitrogens with zero attached hydrogens (tertiary/aromatic N) is 2. The van der Waals surface area contributed by atoms with Crippen LogP contribution in [0.2, 0.25) is 5.02 Å². The topological polar surface area (TPSA) is 54.5 Å². The van der Waals surface area contributed by atoms with Crippen molar-refractivity contribution in [1.29, 1.82) is 0 Å². The number of hydrogen-bond acceptors (Lipinski definition) is 4. The smallest absolute Gasteiger partial charge is 0.257 e. The summed E-state index contributed by atoms with van der Waals surface area (Å²) in [5.41, 5.74) is 1.14. The summed E-state index contributed by atoms with van der Waals surface area (Å²) in [6.45, 7) is 3.24. The minimum absolute atomic E-state index is 0.212. The van der Waals surface area contributed by atoms with Gasteiger partial charge in [-0.2, -0.15) is 0 Å². The molecule has 1 saturated heterocycles. The molecule has 1 atom stereocenters. The van der Waals surface area contributed by atoms with Gasteiger partial charge in [-0.1, -0.05) is 18.5 Å². The number of carbonyl (C=O) groups is 1. The molecule has 1 amide bonds. The molecule has 1 aliphatic heterocycles. The van der Waals surface area contributed by atoms with E-state index in [9.17, 15) is 4.79 Å². The molecule has 1 N–H and O–H groups in total. The Kier molecular flexibility index (Phi) is 5.99. The SMILES string of the molecule is CCC1CCCCN1c1ccc(C(=O)Nc2ccc(OC)c(Cl)c2)cn1. The highest BCUT2D eigenvalue weighted by Crippen LogP contribution is 2.28. The molecule has 0 saturated carbocycles. The molecule has 138 valence electrons. The van der Waals surface area contributed by atoms with Crippen LogP contribution in [0.5, 0.6) is 5.75 Å². The summed E-state index contributed by atoms with van der Waals surface area (Å²) in [5.74, 6) is 1.30. The number of pyridine rings is 1. The number of nitrogens with one attached hydrogen (secondary N) is 1. The van der Waals surface area contributed by atoms with Crippen LogP contribution in [0.4, 0.5) is 11.5 Å². The molecular formula is C20H24ClN3O2. The van der Waals surface area contributed by atoms with Gasteiger partial charge in [0.25, 0.3) is 5.91 Å². The molecular weight excluding hydrogens is 350 g/mol. The molecule has 0 bridgehead atoms. The van der Waals surface area contributed by atoms with E-state index in [1.807, 2.05) is 12.1 Å². The number of piperidine rings is 1. The van der Waals surface area contributed by atoms with Crippen molar-refractivity contribution in [1.82, 2.24) is 4.98 Å². The number of rotatable bonds is 5. The van der Waals surface area contributed by atoms with Crippen molar-refractivity contribution in [2.45, 2.75) is 38.6 Å². The monoisotopic (exact) mass is 373 g/mol. The zero-order chi connectivity index (χ0) is 18.5. The molecule has 1 aliphatic rings. The highest BCUT2D eigenvalue weighted by atomic mass is 35.5. The first-order valence-electron chi connectivity index (χ1n) is 9.00. The number of methoxy groups -OCH3 is 1. The predicted molar refractivity (Wildman–Crippen MR) is 105 cm³/mol. The van der Waals surface area contributed by atoms with Gasteiger partial charge < -0.3 is 15.0 Å². The van der Waals surface area contributed by atoms with Crippen molar-refractivity contribution < 1.29 is 9.53 Å². The standard InChI is InChI=1S/C20H24ClN3O2/c1-3-16-6-4-5-11-24(16)19-10-7-14(13-22-19)20(25)23-15-8-9-18(26-2)17(21)12-15/h7-10,12-13,16H,3-6,11H2,1-2H3,(H,23,25). The summed E-state index contributed by atoms with van der Waals surface area (Å²) in [5, 5.41) is 3.29. The second-order valence-electron chi connectivity index (χ2n) is 6.46. The molecule has 3 rings (SSSR count). The van der Waals surface area contributed by atoms with Gasteiger partial charge in [-0.15, -0.1) is 0 Å². The molecule has 2 heterocycles. The average molecular weight is 374 g/mol. The molecule has 0 aliphatic carbocycles. The normalized spacial score (nSPS) is 17.0. The van der Waals surface area contributed by atoms with E-state index >= 15 is 0 Å². The molecule has 1 aromatic heterocycles. The molecule has 0 radical (unpaired) electrons. The van der Waals surface area contributed by atoms with Crippen molar-refractivity contribution in [3.63, 3.8) is 0 Å². The molecule has 5 nitrogen and oxygen atoms in total. The van der Waals surface area contributed by atoms with Gasteiger partial charge in [0.2, 0.25) is 0 Å². The second-order valence-corrected chi connectivity index (χ2v) is 6.87. The van der Waals surface area contributed by atoms with E-state index in [1.165, 1.54) is 19.3 Å². The van der Waals surface area contributed by atoms with Gasteiger partial charge in [-0.25, -0.2) is 4.98 Å². The highest BCUT2D eigenvalue weighted by Gasteiger charge is 2.22. The van der Waals surface area contributed by atoms with E-state index in [0.717, 1.165) is 18.8 Å². The Morgan fingerprint density at radius 3 is 2.85 bits per heavy atom. The summed E-state index contributed by atoms with van der Waals surface area (Å²) >= 11 is 6.10. The van der Waals surface area contributed by atoms with Crippen molar-refractivity contribution in [2.75, 3.05) is 23.9 Å². The van der Waals surface area contributed by atoms with Gasteiger partial charge in [-0.05, 0) is 56.0 Å². The quantitative estimate of drug-likeness (QED) is 0.820. The fourth-order valence-corrected chi connectivity index (χ4v) is 3.62. The number of aromatic nitrogens is 1. The Labute approximate surface area is 159 Å². The van der Waals surface area contributed by atoms with Crippen molar-refractivity contribution in [3.8, 4) is 5.75 Å². The summed E-state index contributed by atoms with van der Waals surface area (Å²) in [4.78, 5) is 19.3. The lowest BCUT2D eigenvalue weighted by Crippen LogP contribution is -2.39. The van der Waals surface area contributed by atoms with Gasteiger partial charge in [0, 0.05) is 24.5 Å². The minimum atomic E-state index is -0.212. The number of hydrogen-bond donors (Lipinski definition) is 1. The third kappa shape index (κ3) is 4.10. The first-order valence-corrected chi connectivity index (χ1v) is 9.37. The Morgan fingerprint density at radius 2 is 2.19 bits per heavy atom. The molecule has 1 unspecified atom stereocenters. The van der Waals surface area contributed by atoms with Crippen LogP contribution in [0.1, 0.15) is 43.0 Å². The van der Waals surface area contributed by atoms with Crippen LogP contribution in [0.15, 0.2) is 36.5 Å². The number of ether oxygens (including phenoxy) is 1. The van der Waals surface area contributed by atoms with E-state index in [1.54, 1.807) is 31.5 Å². The van der Waals surface area contributed by atoms with E-state index in [0.29, 0.717) is 28.1 Å². The van der Waals surface area contributed by atoms with E-state index in [-0.39, 0.29) is 5.91 Å². The van der Waals surface area contributed by atoms with Gasteiger partial charge in [0.05, 0.1) is 17.7 Å². The van der Waals surface area contributed by atoms with E-state index in [4.69, 9.17) is 16.3 Å². The summed E-state index contributed by atoms with van der Waals surface area (Å²) in [6, 6.07) is 9.44. The molecule has 6 heteroatoms. The maximum Gasteiger partial charge on any atom is 0.257 e. The van der Waals surface area contributed by atoms with Crippen LogP contribution in [-0.4, -0.2) is 30.6 Å². The number of anilines is 2. The maximum absolute atomic E-state index is 12.4. The second kappa shape index (κ2) is 8.41. The number of carbonyl (C=O) groups excluding carboxylic acids is 1. The molecule has 2 aromatic rings. The van der Waals surface area contributed by atoms with Crippen LogP contribution in [0, 0.1) is 0 Å². The number of halogens is 1. The first kappa shape index (κ1) is 18.5. The van der Waals surface area contributed by atoms with Crippen LogP contribution >= 0.6 is 11.6 Å². The van der Waals surface area contributed by atoms with E-state index in [2.05, 4.69) is 22.1 Å². The summed E-state index contributed by atoms with van der Waals surface area (Å²) in [6.07, 6.45) is 6.43. The van der Waals surface area contributed by atoms with Crippen LogP contribution in [-0.2, 0) is 0 Å². The zero-order valence-electron chi connectivity index (χ0n) is 15.2. The fourth-order valence-electron chi connectivity index (χ4n) is 3.36. The largest absolute Gasteiger partial charge is 0.495 e. The predicted octanol–water partition coefficient (Wildman–Crippen LogP) is 4.76. The Morgan fingerprint density at radius 1 is 1.35 bits per heavy atom. The Hall–Kier alpha value is -2.27. The lowest BCUT2D eigenvalue weighted by Gasteiger charge is -2.36. The Bertz CT molecular complexity index is 764. The van der Waals surface area contributed by atoms with Crippen LogP contribution < -0.4 is 15.0 Å².